The third kappa shape index (κ3) is 1.70. The van der Waals surface area contributed by atoms with E-state index in [1.807, 2.05) is 0 Å². The standard InChI is InChI=1S/C8H16O2/c1-8(6-10-2)4-3-7(9)5-8/h7,9H,3-6H2,1-2H3. The van der Waals surface area contributed by atoms with Crippen molar-refractivity contribution in [1.29, 1.82) is 0 Å². The molecule has 0 aromatic rings. The first-order valence-electron chi connectivity index (χ1n) is 3.83. The Kier molecular flexibility index (Phi) is 2.32. The highest BCUT2D eigenvalue weighted by molar-refractivity contribution is 4.84. The zero-order chi connectivity index (χ0) is 7.61. The quantitative estimate of drug-likeness (QED) is 0.630. The molecule has 0 aromatic carbocycles. The fraction of sp³-hybridized carbons (Fsp3) is 1.00. The molecule has 1 rings (SSSR count). The van der Waals surface area contributed by atoms with Crippen molar-refractivity contribution < 1.29 is 9.84 Å². The molecule has 0 amide bonds. The fourth-order valence-electron chi connectivity index (χ4n) is 1.77. The molecule has 1 saturated carbocycles. The number of hydrogen-bond donors (Lipinski definition) is 1. The third-order valence-corrected chi connectivity index (χ3v) is 2.30. The van der Waals surface area contributed by atoms with Gasteiger partial charge in [0.25, 0.3) is 0 Å². The summed E-state index contributed by atoms with van der Waals surface area (Å²) < 4.78 is 5.07. The van der Waals surface area contributed by atoms with E-state index < -0.39 is 0 Å². The molecule has 2 unspecified atom stereocenters. The second-order valence-corrected chi connectivity index (χ2v) is 3.64. The third-order valence-electron chi connectivity index (χ3n) is 2.30. The van der Waals surface area contributed by atoms with E-state index in [1.54, 1.807) is 7.11 Å². The minimum atomic E-state index is -0.0832. The fourth-order valence-corrected chi connectivity index (χ4v) is 1.77. The summed E-state index contributed by atoms with van der Waals surface area (Å²) in [7, 11) is 1.72. The van der Waals surface area contributed by atoms with Gasteiger partial charge in [-0.2, -0.15) is 0 Å². The number of hydrogen-bond acceptors (Lipinski definition) is 2. The van der Waals surface area contributed by atoms with Crippen LogP contribution in [0.3, 0.4) is 0 Å². The Hall–Kier alpha value is -0.0800. The first kappa shape index (κ1) is 8.02. The van der Waals surface area contributed by atoms with Crippen LogP contribution in [0.4, 0.5) is 0 Å². The second kappa shape index (κ2) is 2.89. The summed E-state index contributed by atoms with van der Waals surface area (Å²) in [6.07, 6.45) is 2.86. The summed E-state index contributed by atoms with van der Waals surface area (Å²) in [6.45, 7) is 2.96. The van der Waals surface area contributed by atoms with Crippen LogP contribution in [0.5, 0.6) is 0 Å². The van der Waals surface area contributed by atoms with Crippen molar-refractivity contribution >= 4 is 0 Å². The Labute approximate surface area is 62.2 Å². The van der Waals surface area contributed by atoms with Crippen LogP contribution in [-0.4, -0.2) is 24.9 Å². The van der Waals surface area contributed by atoms with Gasteiger partial charge in [-0.15, -0.1) is 0 Å². The predicted molar refractivity (Wildman–Crippen MR) is 39.8 cm³/mol. The monoisotopic (exact) mass is 144 g/mol. The van der Waals surface area contributed by atoms with Crippen molar-refractivity contribution in [2.45, 2.75) is 32.3 Å². The van der Waals surface area contributed by atoms with E-state index in [-0.39, 0.29) is 11.5 Å². The summed E-state index contributed by atoms with van der Waals surface area (Å²) in [5.74, 6) is 0. The molecular formula is C8H16O2. The molecule has 10 heavy (non-hydrogen) atoms. The highest BCUT2D eigenvalue weighted by Crippen LogP contribution is 2.37. The first-order valence-corrected chi connectivity index (χ1v) is 3.83. The molecule has 2 atom stereocenters. The number of methoxy groups -OCH3 is 1. The molecule has 0 radical (unpaired) electrons. The SMILES string of the molecule is COCC1(C)CCC(O)C1. The molecule has 1 N–H and O–H groups in total. The normalized spacial score (nSPS) is 40.5. The lowest BCUT2D eigenvalue weighted by Crippen LogP contribution is -2.19. The second-order valence-electron chi connectivity index (χ2n) is 3.64. The van der Waals surface area contributed by atoms with Crippen LogP contribution in [0.25, 0.3) is 0 Å². The molecule has 0 heterocycles. The Morgan fingerprint density at radius 3 is 2.80 bits per heavy atom. The van der Waals surface area contributed by atoms with Crippen molar-refractivity contribution in [3.05, 3.63) is 0 Å². The maximum absolute atomic E-state index is 9.24. The maximum Gasteiger partial charge on any atom is 0.0546 e. The molecule has 1 aliphatic carbocycles. The minimum Gasteiger partial charge on any atom is -0.393 e. The molecule has 1 aliphatic rings. The van der Waals surface area contributed by atoms with Gasteiger partial charge in [-0.25, -0.2) is 0 Å². The molecule has 0 spiro atoms. The van der Waals surface area contributed by atoms with Crippen molar-refractivity contribution in [1.82, 2.24) is 0 Å². The lowest BCUT2D eigenvalue weighted by Gasteiger charge is -2.21. The Bertz CT molecular complexity index is 110. The lowest BCUT2D eigenvalue weighted by atomic mass is 9.90. The number of aliphatic hydroxyl groups excluding tert-OH is 1. The zero-order valence-electron chi connectivity index (χ0n) is 6.76. The van der Waals surface area contributed by atoms with Gasteiger partial charge in [-0.05, 0) is 24.7 Å². The predicted octanol–water partition coefficient (Wildman–Crippen LogP) is 1.18. The van der Waals surface area contributed by atoms with Gasteiger partial charge < -0.3 is 9.84 Å². The lowest BCUT2D eigenvalue weighted by molar-refractivity contribution is 0.0813. The maximum atomic E-state index is 9.24. The number of ether oxygens (including phenoxy) is 1. The number of aliphatic hydroxyl groups is 1. The molecule has 0 bridgehead atoms. The molecule has 0 saturated heterocycles. The average Bonchev–Trinajstić information content (AvgIpc) is 2.12. The first-order chi connectivity index (χ1) is 4.66. The van der Waals surface area contributed by atoms with E-state index in [1.165, 1.54) is 0 Å². The van der Waals surface area contributed by atoms with Crippen LogP contribution in [0, 0.1) is 5.41 Å². The van der Waals surface area contributed by atoms with Gasteiger partial charge >= 0.3 is 0 Å². The van der Waals surface area contributed by atoms with Crippen LogP contribution in [0.1, 0.15) is 26.2 Å². The van der Waals surface area contributed by atoms with Gasteiger partial charge in [0, 0.05) is 7.11 Å². The molecule has 60 valence electrons. The van der Waals surface area contributed by atoms with Crippen molar-refractivity contribution in [3.8, 4) is 0 Å². The van der Waals surface area contributed by atoms with Crippen LogP contribution in [0.15, 0.2) is 0 Å². The Balaban J connectivity index is 2.38. The smallest absolute Gasteiger partial charge is 0.0546 e. The highest BCUT2D eigenvalue weighted by atomic mass is 16.5. The van der Waals surface area contributed by atoms with E-state index in [9.17, 15) is 5.11 Å². The molecular weight excluding hydrogens is 128 g/mol. The van der Waals surface area contributed by atoms with Crippen molar-refractivity contribution in [3.63, 3.8) is 0 Å². The van der Waals surface area contributed by atoms with Gasteiger partial charge in [0.15, 0.2) is 0 Å². The highest BCUT2D eigenvalue weighted by Gasteiger charge is 2.33. The summed E-state index contributed by atoms with van der Waals surface area (Å²) in [5, 5.41) is 9.24. The summed E-state index contributed by atoms with van der Waals surface area (Å²) in [6, 6.07) is 0. The summed E-state index contributed by atoms with van der Waals surface area (Å²) >= 11 is 0. The summed E-state index contributed by atoms with van der Waals surface area (Å²) in [4.78, 5) is 0. The van der Waals surface area contributed by atoms with E-state index in [0.717, 1.165) is 25.9 Å². The molecule has 0 aromatic heterocycles. The van der Waals surface area contributed by atoms with Crippen molar-refractivity contribution in [2.75, 3.05) is 13.7 Å². The largest absolute Gasteiger partial charge is 0.393 e. The van der Waals surface area contributed by atoms with Crippen LogP contribution < -0.4 is 0 Å². The molecule has 1 fully saturated rings. The zero-order valence-corrected chi connectivity index (χ0v) is 6.76. The van der Waals surface area contributed by atoms with Gasteiger partial charge in [0.2, 0.25) is 0 Å². The van der Waals surface area contributed by atoms with Gasteiger partial charge in [-0.1, -0.05) is 6.92 Å². The van der Waals surface area contributed by atoms with Gasteiger partial charge in [-0.3, -0.25) is 0 Å². The molecule has 2 heteroatoms. The van der Waals surface area contributed by atoms with E-state index in [0.29, 0.717) is 0 Å². The summed E-state index contributed by atoms with van der Waals surface area (Å²) in [5.41, 5.74) is 0.244. The van der Waals surface area contributed by atoms with Gasteiger partial charge in [0.05, 0.1) is 12.7 Å². The minimum absolute atomic E-state index is 0.0832. The van der Waals surface area contributed by atoms with Crippen molar-refractivity contribution in [2.24, 2.45) is 5.41 Å². The topological polar surface area (TPSA) is 29.5 Å². The average molecular weight is 144 g/mol. The van der Waals surface area contributed by atoms with Crippen LogP contribution >= 0.6 is 0 Å². The van der Waals surface area contributed by atoms with Gasteiger partial charge in [0.1, 0.15) is 0 Å². The number of rotatable bonds is 2. The Morgan fingerprint density at radius 1 is 1.70 bits per heavy atom. The molecule has 0 aliphatic heterocycles. The van der Waals surface area contributed by atoms with E-state index >= 15 is 0 Å². The van der Waals surface area contributed by atoms with Crippen LogP contribution in [0.2, 0.25) is 0 Å². The van der Waals surface area contributed by atoms with E-state index in [4.69, 9.17) is 4.74 Å². The van der Waals surface area contributed by atoms with E-state index in [2.05, 4.69) is 6.92 Å². The Morgan fingerprint density at radius 2 is 2.40 bits per heavy atom. The van der Waals surface area contributed by atoms with Crippen LogP contribution in [-0.2, 0) is 4.74 Å². The molecule has 2 nitrogen and oxygen atoms in total.